The minimum absolute atomic E-state index is 0.0892. The number of carbonyl (C=O) groups is 2. The molecule has 1 aromatic heterocycles. The molecule has 1 aromatic rings. The number of sulfonamides is 1. The topological polar surface area (TPSA) is 125 Å². The molecule has 1 fully saturated rings. The van der Waals surface area contributed by atoms with Crippen LogP contribution in [0.1, 0.15) is 32.1 Å². The molecule has 0 aromatic carbocycles. The number of nitrogens with one attached hydrogen (secondary N) is 2. The van der Waals surface area contributed by atoms with E-state index in [1.165, 1.54) is 6.07 Å². The molecule has 1 aliphatic carbocycles. The summed E-state index contributed by atoms with van der Waals surface area (Å²) in [4.78, 5) is 23.5. The fourth-order valence-electron chi connectivity index (χ4n) is 2.56. The van der Waals surface area contributed by atoms with Crippen molar-refractivity contribution in [3.05, 3.63) is 17.5 Å². The Morgan fingerprint density at radius 3 is 2.64 bits per heavy atom. The van der Waals surface area contributed by atoms with Crippen molar-refractivity contribution in [3.8, 4) is 6.07 Å². The predicted octanol–water partition coefficient (Wildman–Crippen LogP) is 0.912. The lowest BCUT2D eigenvalue weighted by Gasteiger charge is -2.31. The van der Waals surface area contributed by atoms with Gasteiger partial charge in [-0.15, -0.1) is 11.3 Å². The van der Waals surface area contributed by atoms with E-state index in [4.69, 9.17) is 4.74 Å². The molecule has 1 aliphatic rings. The van der Waals surface area contributed by atoms with E-state index in [1.54, 1.807) is 11.4 Å². The van der Waals surface area contributed by atoms with E-state index < -0.39 is 40.6 Å². The summed E-state index contributed by atoms with van der Waals surface area (Å²) >= 11 is 1.02. The van der Waals surface area contributed by atoms with E-state index in [2.05, 4.69) is 16.1 Å². The van der Waals surface area contributed by atoms with Crippen LogP contribution in [0.15, 0.2) is 21.7 Å². The Labute approximate surface area is 150 Å². The van der Waals surface area contributed by atoms with Crippen molar-refractivity contribution in [2.24, 2.45) is 0 Å². The first-order chi connectivity index (χ1) is 11.9. The van der Waals surface area contributed by atoms with Gasteiger partial charge in [-0.3, -0.25) is 9.59 Å². The molecule has 0 radical (unpaired) electrons. The Morgan fingerprint density at radius 2 is 2.04 bits per heavy atom. The van der Waals surface area contributed by atoms with Gasteiger partial charge in [0.1, 0.15) is 16.3 Å². The number of hydrogen-bond acceptors (Lipinski definition) is 7. The first kappa shape index (κ1) is 19.4. The maximum absolute atomic E-state index is 11.9. The average molecular weight is 385 g/mol. The summed E-state index contributed by atoms with van der Waals surface area (Å²) in [5, 5.41) is 13.5. The van der Waals surface area contributed by atoms with Gasteiger partial charge in [-0.2, -0.15) is 9.98 Å². The first-order valence-corrected chi connectivity index (χ1v) is 10.1. The van der Waals surface area contributed by atoms with E-state index in [0.29, 0.717) is 12.8 Å². The van der Waals surface area contributed by atoms with Gasteiger partial charge in [-0.05, 0) is 24.3 Å². The molecule has 1 amide bonds. The highest BCUT2D eigenvalue weighted by atomic mass is 32.2. The van der Waals surface area contributed by atoms with Crippen LogP contribution in [-0.2, 0) is 24.3 Å². The second kappa shape index (κ2) is 8.42. The minimum Gasteiger partial charge on any atom is -0.455 e. The van der Waals surface area contributed by atoms with Crippen molar-refractivity contribution in [3.63, 3.8) is 0 Å². The molecule has 2 N–H and O–H groups in total. The minimum atomic E-state index is -3.76. The number of nitriles is 1. The zero-order valence-corrected chi connectivity index (χ0v) is 15.1. The van der Waals surface area contributed by atoms with Gasteiger partial charge in [0.25, 0.3) is 15.9 Å². The quantitative estimate of drug-likeness (QED) is 0.672. The standard InChI is InChI=1S/C15H19N3O5S2/c16-11-15(6-2-1-3-7-15)18-12(19)10-23-13(20)9-17-25(21,22)14-5-4-8-24-14/h4-5,8,17H,1-3,6-7,9-10H2,(H,18,19). The summed E-state index contributed by atoms with van der Waals surface area (Å²) in [6.07, 6.45) is 3.89. The highest BCUT2D eigenvalue weighted by molar-refractivity contribution is 7.91. The Balaban J connectivity index is 1.76. The van der Waals surface area contributed by atoms with Crippen molar-refractivity contribution in [2.75, 3.05) is 13.2 Å². The van der Waals surface area contributed by atoms with Crippen LogP contribution in [0.4, 0.5) is 0 Å². The van der Waals surface area contributed by atoms with Crippen LogP contribution in [0.25, 0.3) is 0 Å². The molecule has 1 heterocycles. The van der Waals surface area contributed by atoms with E-state index in [0.717, 1.165) is 30.6 Å². The van der Waals surface area contributed by atoms with Crippen LogP contribution in [0.3, 0.4) is 0 Å². The molecule has 0 spiro atoms. The van der Waals surface area contributed by atoms with Crippen LogP contribution in [-0.4, -0.2) is 39.0 Å². The smallest absolute Gasteiger partial charge is 0.321 e. The summed E-state index contributed by atoms with van der Waals surface area (Å²) in [7, 11) is -3.76. The number of amides is 1. The molecular weight excluding hydrogens is 366 g/mol. The van der Waals surface area contributed by atoms with E-state index in [1.807, 2.05) is 0 Å². The fourth-order valence-corrected chi connectivity index (χ4v) is 4.57. The predicted molar refractivity (Wildman–Crippen MR) is 90.0 cm³/mol. The molecule has 0 atom stereocenters. The second-order valence-corrected chi connectivity index (χ2v) is 8.66. The third-order valence-corrected chi connectivity index (χ3v) is 6.63. The van der Waals surface area contributed by atoms with Crippen molar-refractivity contribution in [1.29, 1.82) is 5.26 Å². The summed E-state index contributed by atoms with van der Waals surface area (Å²) < 4.78 is 30.7. The van der Waals surface area contributed by atoms with Gasteiger partial charge in [0.2, 0.25) is 0 Å². The van der Waals surface area contributed by atoms with Gasteiger partial charge in [0, 0.05) is 0 Å². The first-order valence-electron chi connectivity index (χ1n) is 7.78. The number of rotatable bonds is 7. The lowest BCUT2D eigenvalue weighted by atomic mass is 9.83. The van der Waals surface area contributed by atoms with E-state index >= 15 is 0 Å². The number of ether oxygens (including phenoxy) is 1. The molecule has 136 valence electrons. The SMILES string of the molecule is N#CC1(NC(=O)COC(=O)CNS(=O)(=O)c2cccs2)CCCCC1. The number of esters is 1. The molecule has 2 rings (SSSR count). The average Bonchev–Trinajstić information content (AvgIpc) is 3.15. The zero-order chi connectivity index (χ0) is 18.3. The number of nitrogens with zero attached hydrogens (tertiary/aromatic N) is 1. The Kier molecular flexibility index (Phi) is 6.52. The Morgan fingerprint density at radius 1 is 1.32 bits per heavy atom. The highest BCUT2D eigenvalue weighted by Gasteiger charge is 2.33. The van der Waals surface area contributed by atoms with E-state index in [-0.39, 0.29) is 4.21 Å². The highest BCUT2D eigenvalue weighted by Crippen LogP contribution is 2.27. The summed E-state index contributed by atoms with van der Waals surface area (Å²) in [5.41, 5.74) is -0.900. The lowest BCUT2D eigenvalue weighted by Crippen LogP contribution is -2.50. The van der Waals surface area contributed by atoms with Gasteiger partial charge in [0.05, 0.1) is 6.07 Å². The number of carbonyl (C=O) groups excluding carboxylic acids is 2. The normalized spacial score (nSPS) is 16.6. The lowest BCUT2D eigenvalue weighted by molar-refractivity contribution is -0.147. The van der Waals surface area contributed by atoms with Crippen molar-refractivity contribution in [1.82, 2.24) is 10.0 Å². The maximum atomic E-state index is 11.9. The van der Waals surface area contributed by atoms with Gasteiger partial charge in [-0.1, -0.05) is 25.3 Å². The third-order valence-electron chi connectivity index (χ3n) is 3.83. The molecule has 0 saturated heterocycles. The monoisotopic (exact) mass is 385 g/mol. The van der Waals surface area contributed by atoms with E-state index in [9.17, 15) is 23.3 Å². The van der Waals surface area contributed by atoms with Gasteiger partial charge < -0.3 is 10.1 Å². The van der Waals surface area contributed by atoms with Crippen molar-refractivity contribution < 1.29 is 22.7 Å². The molecular formula is C15H19N3O5S2. The van der Waals surface area contributed by atoms with Crippen LogP contribution in [0, 0.1) is 11.3 Å². The van der Waals surface area contributed by atoms with Gasteiger partial charge >= 0.3 is 5.97 Å². The Hall–Kier alpha value is -1.96. The third kappa shape index (κ3) is 5.52. The van der Waals surface area contributed by atoms with Gasteiger partial charge in [0.15, 0.2) is 6.61 Å². The van der Waals surface area contributed by atoms with Crippen LogP contribution in [0.5, 0.6) is 0 Å². The molecule has 0 unspecified atom stereocenters. The van der Waals surface area contributed by atoms with Gasteiger partial charge in [-0.25, -0.2) is 8.42 Å². The van der Waals surface area contributed by atoms with Crippen LogP contribution in [0.2, 0.25) is 0 Å². The molecule has 25 heavy (non-hydrogen) atoms. The summed E-state index contributed by atoms with van der Waals surface area (Å²) in [6, 6.07) is 5.13. The molecule has 10 heteroatoms. The van der Waals surface area contributed by atoms with Crippen LogP contribution < -0.4 is 10.0 Å². The largest absolute Gasteiger partial charge is 0.455 e. The molecule has 8 nitrogen and oxygen atoms in total. The molecule has 0 aliphatic heterocycles. The van der Waals surface area contributed by atoms with Crippen LogP contribution >= 0.6 is 11.3 Å². The maximum Gasteiger partial charge on any atom is 0.321 e. The number of hydrogen-bond donors (Lipinski definition) is 2. The van der Waals surface area contributed by atoms with Crippen molar-refractivity contribution >= 4 is 33.2 Å². The summed E-state index contributed by atoms with van der Waals surface area (Å²) in [5.74, 6) is -1.44. The fraction of sp³-hybridized carbons (Fsp3) is 0.533. The summed E-state index contributed by atoms with van der Waals surface area (Å²) in [6.45, 7) is -1.13. The molecule has 0 bridgehead atoms. The number of thiophene rings is 1. The second-order valence-electron chi connectivity index (χ2n) is 5.72. The van der Waals surface area contributed by atoms with Crippen molar-refractivity contribution in [2.45, 2.75) is 41.9 Å². The molecule has 1 saturated carbocycles. The zero-order valence-electron chi connectivity index (χ0n) is 13.5. The Bertz CT molecular complexity index is 747.